The van der Waals surface area contributed by atoms with Crippen LogP contribution in [0.5, 0.6) is 0 Å². The van der Waals surface area contributed by atoms with Crippen molar-refractivity contribution in [1.82, 2.24) is 0 Å². The standard InChI is InChI=1S/C75H50N4/c76-49-51-31-37-63-64-38-32-52(50-77)44-70(64)75(69(63)43-51)71-47-61(78(59-27-15-5-16-28-59)73-41-33-57(53-19-7-1-8-20-53)45-67(73)55-23-11-3-12-24-55)35-39-65(71)66-40-36-62(48-72(66)75)79(60-29-17-6-18-30-60)74-42-34-58(54-21-9-2-10-22-54)46-68(74)56-25-13-4-14-26-56/h1-29,31-48,60H,30H2. The van der Waals surface area contributed by atoms with Gasteiger partial charge in [-0.15, -0.1) is 0 Å². The summed E-state index contributed by atoms with van der Waals surface area (Å²) >= 11 is 0. The number of anilines is 5. The van der Waals surface area contributed by atoms with Crippen LogP contribution in [0.25, 0.3) is 66.8 Å². The van der Waals surface area contributed by atoms with Crippen LogP contribution in [0.3, 0.4) is 0 Å². The molecule has 14 rings (SSSR count). The van der Waals surface area contributed by atoms with Gasteiger partial charge in [0.1, 0.15) is 0 Å². The Balaban J connectivity index is 1.03. The van der Waals surface area contributed by atoms with Crippen LogP contribution < -0.4 is 9.80 Å². The second-order valence-electron chi connectivity index (χ2n) is 20.5. The lowest BCUT2D eigenvalue weighted by Crippen LogP contribution is -2.31. The monoisotopic (exact) mass is 1010 g/mol. The van der Waals surface area contributed by atoms with Crippen LogP contribution in [-0.2, 0) is 5.41 Å². The molecule has 1 spiro atoms. The molecular formula is C75H50N4. The minimum atomic E-state index is -0.934. The molecule has 1 atom stereocenters. The van der Waals surface area contributed by atoms with Crippen molar-refractivity contribution in [3.05, 3.63) is 319 Å². The highest BCUT2D eigenvalue weighted by Gasteiger charge is 2.53. The number of allylic oxidation sites excluding steroid dienone is 2. The van der Waals surface area contributed by atoms with Gasteiger partial charge in [-0.3, -0.25) is 0 Å². The first-order valence-corrected chi connectivity index (χ1v) is 27.0. The van der Waals surface area contributed by atoms with E-state index in [9.17, 15) is 10.5 Å². The summed E-state index contributed by atoms with van der Waals surface area (Å²) in [6.45, 7) is 0. The van der Waals surface area contributed by atoms with Crippen molar-refractivity contribution in [2.24, 2.45) is 0 Å². The van der Waals surface area contributed by atoms with Crippen molar-refractivity contribution >= 4 is 28.4 Å². The van der Waals surface area contributed by atoms with Crippen LogP contribution in [0.2, 0.25) is 0 Å². The van der Waals surface area contributed by atoms with E-state index in [2.05, 4.69) is 295 Å². The molecule has 4 nitrogen and oxygen atoms in total. The van der Waals surface area contributed by atoms with Crippen molar-refractivity contribution in [3.63, 3.8) is 0 Å². The molecule has 11 aromatic rings. The molecule has 0 saturated carbocycles. The number of rotatable bonds is 10. The van der Waals surface area contributed by atoms with E-state index in [1.54, 1.807) is 0 Å². The summed E-state index contributed by atoms with van der Waals surface area (Å²) < 4.78 is 0. The van der Waals surface area contributed by atoms with E-state index in [-0.39, 0.29) is 6.04 Å². The molecule has 3 aliphatic rings. The van der Waals surface area contributed by atoms with Gasteiger partial charge in [-0.1, -0.05) is 200 Å². The number of fused-ring (bicyclic) bond motifs is 10. The molecule has 0 N–H and O–H groups in total. The number of nitrogens with zero attached hydrogens (tertiary/aromatic N) is 4. The molecule has 4 heteroatoms. The summed E-state index contributed by atoms with van der Waals surface area (Å²) in [7, 11) is 0. The predicted molar refractivity (Wildman–Crippen MR) is 324 cm³/mol. The number of para-hydroxylation sites is 1. The van der Waals surface area contributed by atoms with Crippen molar-refractivity contribution in [3.8, 4) is 78.9 Å². The normalized spacial score (nSPS) is 13.9. The summed E-state index contributed by atoms with van der Waals surface area (Å²) in [5.41, 5.74) is 23.0. The zero-order valence-electron chi connectivity index (χ0n) is 43.2. The van der Waals surface area contributed by atoms with Crippen LogP contribution in [0.1, 0.15) is 39.8 Å². The van der Waals surface area contributed by atoms with Gasteiger partial charge >= 0.3 is 0 Å². The van der Waals surface area contributed by atoms with Crippen LogP contribution >= 0.6 is 0 Å². The molecule has 0 radical (unpaired) electrons. The third kappa shape index (κ3) is 7.89. The SMILES string of the molecule is N#Cc1ccc2c(c1)C1(c3cc(C#N)ccc3-2)c2cc(N(c3ccccc3)c3ccc(-c4ccccc4)cc3-c3ccccc3)ccc2-c2ccc(N(c3ccc(-c4ccccc4)cc3-c3ccccc3)C3C=CC=CC3)cc21. The topological polar surface area (TPSA) is 54.1 Å². The van der Waals surface area contributed by atoms with Gasteiger partial charge in [0.25, 0.3) is 0 Å². The molecule has 370 valence electrons. The quantitative estimate of drug-likeness (QED) is 0.137. The van der Waals surface area contributed by atoms with E-state index in [1.807, 2.05) is 12.1 Å². The summed E-state index contributed by atoms with van der Waals surface area (Å²) in [5, 5.41) is 21.5. The van der Waals surface area contributed by atoms with Gasteiger partial charge in [0.2, 0.25) is 0 Å². The van der Waals surface area contributed by atoms with Crippen LogP contribution in [0.4, 0.5) is 28.4 Å². The third-order valence-electron chi connectivity index (χ3n) is 16.2. The molecule has 0 saturated heterocycles. The summed E-state index contributed by atoms with van der Waals surface area (Å²) in [6, 6.07) is 98.3. The summed E-state index contributed by atoms with van der Waals surface area (Å²) in [6.07, 6.45) is 9.70. The Bertz CT molecular complexity index is 4240. The minimum Gasteiger partial charge on any atom is -0.334 e. The molecule has 11 aromatic carbocycles. The molecule has 3 aliphatic carbocycles. The van der Waals surface area contributed by atoms with E-state index in [0.29, 0.717) is 11.1 Å². The van der Waals surface area contributed by atoms with E-state index in [0.717, 1.165) is 124 Å². The molecule has 0 bridgehead atoms. The Hall–Kier alpha value is -10.5. The molecule has 0 aliphatic heterocycles. The Morgan fingerprint density at radius 3 is 1.27 bits per heavy atom. The summed E-state index contributed by atoms with van der Waals surface area (Å²) in [4.78, 5) is 4.91. The van der Waals surface area contributed by atoms with Gasteiger partial charge in [0.15, 0.2) is 0 Å². The average Bonchev–Trinajstić information content (AvgIpc) is 3.01. The first-order chi connectivity index (χ1) is 39.1. The van der Waals surface area contributed by atoms with Crippen LogP contribution in [-0.4, -0.2) is 6.04 Å². The molecule has 79 heavy (non-hydrogen) atoms. The van der Waals surface area contributed by atoms with Crippen LogP contribution in [0.15, 0.2) is 285 Å². The Morgan fingerprint density at radius 1 is 0.342 bits per heavy atom. The second kappa shape index (κ2) is 19.6. The Kier molecular flexibility index (Phi) is 11.6. The van der Waals surface area contributed by atoms with Gasteiger partial charge in [0, 0.05) is 33.9 Å². The van der Waals surface area contributed by atoms with E-state index in [1.165, 1.54) is 0 Å². The highest BCUT2D eigenvalue weighted by molar-refractivity contribution is 5.99. The number of hydrogen-bond acceptors (Lipinski definition) is 4. The Morgan fingerprint density at radius 2 is 0.772 bits per heavy atom. The second-order valence-corrected chi connectivity index (χ2v) is 20.5. The minimum absolute atomic E-state index is 0.00975. The molecule has 1 unspecified atom stereocenters. The lowest BCUT2D eigenvalue weighted by Gasteiger charge is -2.36. The van der Waals surface area contributed by atoms with Crippen molar-refractivity contribution in [1.29, 1.82) is 10.5 Å². The highest BCUT2D eigenvalue weighted by atomic mass is 15.2. The number of hydrogen-bond donors (Lipinski definition) is 0. The fourth-order valence-electron chi connectivity index (χ4n) is 12.7. The first kappa shape index (κ1) is 47.0. The maximum absolute atomic E-state index is 10.8. The van der Waals surface area contributed by atoms with E-state index >= 15 is 0 Å². The fourth-order valence-corrected chi connectivity index (χ4v) is 12.7. The lowest BCUT2D eigenvalue weighted by molar-refractivity contribution is 0.774. The van der Waals surface area contributed by atoms with E-state index < -0.39 is 5.41 Å². The lowest BCUT2D eigenvalue weighted by atomic mass is 9.70. The molecule has 0 fully saturated rings. The molecular weight excluding hydrogens is 957 g/mol. The zero-order chi connectivity index (χ0) is 52.9. The summed E-state index contributed by atoms with van der Waals surface area (Å²) in [5.74, 6) is 0. The Labute approximate surface area is 461 Å². The average molecular weight is 1010 g/mol. The molecule has 0 amide bonds. The van der Waals surface area contributed by atoms with Gasteiger partial charge in [-0.2, -0.15) is 10.5 Å². The van der Waals surface area contributed by atoms with Gasteiger partial charge in [-0.25, -0.2) is 0 Å². The van der Waals surface area contributed by atoms with Gasteiger partial charge < -0.3 is 9.80 Å². The van der Waals surface area contributed by atoms with Gasteiger partial charge in [-0.05, 0) is 169 Å². The highest BCUT2D eigenvalue weighted by Crippen LogP contribution is 2.64. The number of nitriles is 2. The van der Waals surface area contributed by atoms with Crippen molar-refractivity contribution in [2.75, 3.05) is 9.80 Å². The first-order valence-electron chi connectivity index (χ1n) is 27.0. The largest absolute Gasteiger partial charge is 0.334 e. The van der Waals surface area contributed by atoms with Crippen molar-refractivity contribution in [2.45, 2.75) is 17.9 Å². The van der Waals surface area contributed by atoms with Crippen LogP contribution in [0, 0.1) is 22.7 Å². The molecule has 0 heterocycles. The zero-order valence-corrected chi connectivity index (χ0v) is 43.2. The van der Waals surface area contributed by atoms with Crippen molar-refractivity contribution < 1.29 is 0 Å². The van der Waals surface area contributed by atoms with E-state index in [4.69, 9.17) is 0 Å². The molecule has 0 aromatic heterocycles. The third-order valence-corrected chi connectivity index (χ3v) is 16.2. The van der Waals surface area contributed by atoms with Gasteiger partial charge in [0.05, 0.1) is 40.4 Å². The fraction of sp³-hybridized carbons (Fsp3) is 0.0400. The maximum atomic E-state index is 10.8. The number of benzene rings is 11. The smallest absolute Gasteiger partial charge is 0.0991 e. The predicted octanol–water partition coefficient (Wildman–Crippen LogP) is 18.9. The maximum Gasteiger partial charge on any atom is 0.0991 e.